The van der Waals surface area contributed by atoms with Gasteiger partial charge in [-0.25, -0.2) is 14.7 Å². The second-order valence-corrected chi connectivity index (χ2v) is 7.74. The van der Waals surface area contributed by atoms with E-state index in [9.17, 15) is 0 Å². The largest absolute Gasteiger partial charge is 0.376 e. The number of rotatable bonds is 8. The molecule has 7 heteroatoms. The van der Waals surface area contributed by atoms with Gasteiger partial charge in [0.1, 0.15) is 0 Å². The van der Waals surface area contributed by atoms with Crippen LogP contribution in [-0.4, -0.2) is 51.9 Å². The summed E-state index contributed by atoms with van der Waals surface area (Å²) in [6.45, 7) is 6.97. The zero-order valence-corrected chi connectivity index (χ0v) is 18.0. The molecule has 1 aromatic carbocycles. The highest BCUT2D eigenvalue weighted by atomic mass is 16.5. The predicted molar refractivity (Wildman–Crippen MR) is 122 cm³/mol. The van der Waals surface area contributed by atoms with Gasteiger partial charge in [0.15, 0.2) is 11.8 Å². The second kappa shape index (κ2) is 10.7. The summed E-state index contributed by atoms with van der Waals surface area (Å²) in [6.07, 6.45) is 6.58. The lowest BCUT2D eigenvalue weighted by Crippen LogP contribution is -2.40. The van der Waals surface area contributed by atoms with E-state index in [-0.39, 0.29) is 0 Å². The summed E-state index contributed by atoms with van der Waals surface area (Å²) in [5.74, 6) is 2.30. The van der Waals surface area contributed by atoms with E-state index in [2.05, 4.69) is 51.5 Å². The smallest absolute Gasteiger partial charge is 0.194 e. The molecule has 3 heterocycles. The molecule has 0 amide bonds. The van der Waals surface area contributed by atoms with Crippen LogP contribution in [0.3, 0.4) is 0 Å². The van der Waals surface area contributed by atoms with Gasteiger partial charge in [-0.2, -0.15) is 5.10 Å². The Hall–Kier alpha value is -3.19. The topological polar surface area (TPSA) is 67.6 Å². The first-order valence-electron chi connectivity index (χ1n) is 10.9. The van der Waals surface area contributed by atoms with Gasteiger partial charge in [-0.15, -0.1) is 0 Å². The normalized spacial score (nSPS) is 16.6. The Balaban J connectivity index is 1.32. The maximum atomic E-state index is 5.97. The summed E-state index contributed by atoms with van der Waals surface area (Å²) in [5.41, 5.74) is 2.33. The lowest BCUT2D eigenvalue weighted by molar-refractivity contribution is 0.0906. The van der Waals surface area contributed by atoms with Gasteiger partial charge in [-0.05, 0) is 42.7 Å². The van der Waals surface area contributed by atoms with Crippen molar-refractivity contribution in [2.45, 2.75) is 26.5 Å². The van der Waals surface area contributed by atoms with Crippen LogP contribution >= 0.6 is 0 Å². The average molecular weight is 419 g/mol. The Kier molecular flexibility index (Phi) is 7.28. The molecule has 0 aliphatic carbocycles. The lowest BCUT2D eigenvalue weighted by Gasteiger charge is -2.21. The number of nitrogens with zero attached hydrogens (tertiary/aromatic N) is 5. The van der Waals surface area contributed by atoms with Crippen molar-refractivity contribution in [3.63, 3.8) is 0 Å². The lowest BCUT2D eigenvalue weighted by atomic mass is 10.1. The van der Waals surface area contributed by atoms with Gasteiger partial charge in [-0.3, -0.25) is 0 Å². The molecule has 0 spiro atoms. The number of benzene rings is 1. The summed E-state index contributed by atoms with van der Waals surface area (Å²) in [6, 6.07) is 16.3. The van der Waals surface area contributed by atoms with Gasteiger partial charge in [-0.1, -0.05) is 30.3 Å². The fourth-order valence-corrected chi connectivity index (χ4v) is 3.76. The molecule has 162 valence electrons. The number of likely N-dealkylation sites (tertiary alicyclic amines) is 1. The van der Waals surface area contributed by atoms with Gasteiger partial charge >= 0.3 is 0 Å². The maximum Gasteiger partial charge on any atom is 0.194 e. The van der Waals surface area contributed by atoms with Gasteiger partial charge in [0.2, 0.25) is 0 Å². The Morgan fingerprint density at radius 2 is 2.06 bits per heavy atom. The zero-order valence-electron chi connectivity index (χ0n) is 18.0. The van der Waals surface area contributed by atoms with Crippen LogP contribution in [0.4, 0.5) is 0 Å². The third-order valence-electron chi connectivity index (χ3n) is 5.35. The fourth-order valence-electron chi connectivity index (χ4n) is 3.76. The zero-order chi connectivity index (χ0) is 21.3. The molecule has 1 unspecified atom stereocenters. The van der Waals surface area contributed by atoms with E-state index in [4.69, 9.17) is 9.73 Å². The quantitative estimate of drug-likeness (QED) is 0.449. The van der Waals surface area contributed by atoms with Gasteiger partial charge < -0.3 is 15.0 Å². The van der Waals surface area contributed by atoms with Crippen molar-refractivity contribution >= 4 is 5.96 Å². The van der Waals surface area contributed by atoms with Crippen molar-refractivity contribution in [1.82, 2.24) is 25.0 Å². The van der Waals surface area contributed by atoms with Crippen LogP contribution in [0.5, 0.6) is 0 Å². The summed E-state index contributed by atoms with van der Waals surface area (Å²) >= 11 is 0. The van der Waals surface area contributed by atoms with E-state index >= 15 is 0 Å². The second-order valence-electron chi connectivity index (χ2n) is 7.74. The molecule has 0 radical (unpaired) electrons. The van der Waals surface area contributed by atoms with E-state index in [0.29, 0.717) is 19.1 Å². The summed E-state index contributed by atoms with van der Waals surface area (Å²) in [5, 5.41) is 7.69. The number of guanidine groups is 1. The van der Waals surface area contributed by atoms with Gasteiger partial charge in [0, 0.05) is 44.1 Å². The summed E-state index contributed by atoms with van der Waals surface area (Å²) in [4.78, 5) is 11.6. The average Bonchev–Trinajstić information content (AvgIpc) is 3.50. The molecule has 1 N–H and O–H groups in total. The molecule has 3 aromatic rings. The minimum atomic E-state index is 0.528. The van der Waals surface area contributed by atoms with Crippen molar-refractivity contribution in [2.24, 2.45) is 10.9 Å². The van der Waals surface area contributed by atoms with E-state index in [1.54, 1.807) is 10.9 Å². The van der Waals surface area contributed by atoms with Crippen molar-refractivity contribution < 1.29 is 4.74 Å². The molecule has 7 nitrogen and oxygen atoms in total. The van der Waals surface area contributed by atoms with Crippen molar-refractivity contribution in [3.05, 3.63) is 78.2 Å². The standard InChI is InChI=1S/C24H30N6O/c1-2-25-24(27-16-21-9-12-26-23(15-21)30-13-6-11-28-30)29-14-10-22(17-29)19-31-18-20-7-4-3-5-8-20/h3-9,11-13,15,22H,2,10,14,16-19H2,1H3,(H,25,27). The van der Waals surface area contributed by atoms with E-state index in [0.717, 1.165) is 50.0 Å². The van der Waals surface area contributed by atoms with Crippen LogP contribution < -0.4 is 5.32 Å². The van der Waals surface area contributed by atoms with Crippen LogP contribution in [-0.2, 0) is 17.9 Å². The molecule has 2 aromatic heterocycles. The molecule has 0 bridgehead atoms. The summed E-state index contributed by atoms with van der Waals surface area (Å²) < 4.78 is 7.73. The number of pyridine rings is 1. The number of aliphatic imine (C=N–C) groups is 1. The molecule has 1 atom stereocenters. The molecule has 1 aliphatic rings. The Morgan fingerprint density at radius 3 is 2.87 bits per heavy atom. The van der Waals surface area contributed by atoms with Gasteiger partial charge in [0.25, 0.3) is 0 Å². The molecule has 4 rings (SSSR count). The molecule has 1 aliphatic heterocycles. The molecule has 1 fully saturated rings. The first kappa shape index (κ1) is 21.1. The third kappa shape index (κ3) is 5.92. The predicted octanol–water partition coefficient (Wildman–Crippen LogP) is 3.27. The number of aromatic nitrogens is 3. The Labute approximate surface area is 183 Å². The van der Waals surface area contributed by atoms with Crippen LogP contribution in [0.2, 0.25) is 0 Å². The molecular weight excluding hydrogens is 388 g/mol. The van der Waals surface area contributed by atoms with Gasteiger partial charge in [0.05, 0.1) is 19.8 Å². The number of hydrogen-bond donors (Lipinski definition) is 1. The minimum Gasteiger partial charge on any atom is -0.376 e. The Morgan fingerprint density at radius 1 is 1.16 bits per heavy atom. The van der Waals surface area contributed by atoms with E-state index < -0.39 is 0 Å². The fraction of sp³-hybridized carbons (Fsp3) is 0.375. The van der Waals surface area contributed by atoms with Crippen molar-refractivity contribution in [1.29, 1.82) is 0 Å². The summed E-state index contributed by atoms with van der Waals surface area (Å²) in [7, 11) is 0. The Bertz CT molecular complexity index is 957. The van der Waals surface area contributed by atoms with E-state index in [1.165, 1.54) is 5.56 Å². The SMILES string of the molecule is CCNC(=NCc1ccnc(-n2cccn2)c1)N1CCC(COCc2ccccc2)C1. The third-order valence-corrected chi connectivity index (χ3v) is 5.35. The number of nitrogens with one attached hydrogen (secondary N) is 1. The highest BCUT2D eigenvalue weighted by Crippen LogP contribution is 2.18. The van der Waals surface area contributed by atoms with Crippen LogP contribution in [0, 0.1) is 5.92 Å². The van der Waals surface area contributed by atoms with Crippen molar-refractivity contribution in [2.75, 3.05) is 26.2 Å². The van der Waals surface area contributed by atoms with E-state index in [1.807, 2.05) is 36.7 Å². The highest BCUT2D eigenvalue weighted by molar-refractivity contribution is 5.80. The molecule has 0 saturated carbocycles. The monoisotopic (exact) mass is 418 g/mol. The number of ether oxygens (including phenoxy) is 1. The minimum absolute atomic E-state index is 0.528. The molecule has 31 heavy (non-hydrogen) atoms. The first-order valence-corrected chi connectivity index (χ1v) is 10.9. The maximum absolute atomic E-state index is 5.97. The molecule has 1 saturated heterocycles. The highest BCUT2D eigenvalue weighted by Gasteiger charge is 2.25. The van der Waals surface area contributed by atoms with Crippen LogP contribution in [0.15, 0.2) is 72.1 Å². The molecular formula is C24H30N6O. The van der Waals surface area contributed by atoms with Crippen molar-refractivity contribution in [3.8, 4) is 5.82 Å². The number of hydrogen-bond acceptors (Lipinski definition) is 4. The van der Waals surface area contributed by atoms with Crippen LogP contribution in [0.1, 0.15) is 24.5 Å². The first-order chi connectivity index (χ1) is 15.3. The van der Waals surface area contributed by atoms with Crippen LogP contribution in [0.25, 0.3) is 5.82 Å².